The number of nitrogens with one attached hydrogen (secondary N) is 1. The molecule has 0 saturated carbocycles. The van der Waals surface area contributed by atoms with E-state index in [0.29, 0.717) is 64.4 Å². The molecule has 1 unspecified atom stereocenters. The van der Waals surface area contributed by atoms with Crippen LogP contribution in [-0.4, -0.2) is 93.0 Å². The Kier molecular flexibility index (Phi) is 11.8. The Morgan fingerprint density at radius 1 is 1.29 bits per heavy atom. The van der Waals surface area contributed by atoms with Gasteiger partial charge >= 0.3 is 5.97 Å². The Morgan fingerprint density at radius 2 is 2.07 bits per heavy atom. The smallest absolute Gasteiger partial charge is 0.316 e. The Bertz CT molecular complexity index is 1450. The molecule has 3 heterocycles. The van der Waals surface area contributed by atoms with Crippen LogP contribution in [0, 0.1) is 11.3 Å². The van der Waals surface area contributed by atoms with Crippen LogP contribution in [0.15, 0.2) is 23.3 Å². The number of halogens is 3. The third kappa shape index (κ3) is 9.35. The lowest BCUT2D eigenvalue weighted by Gasteiger charge is -2.26. The van der Waals surface area contributed by atoms with Crippen molar-refractivity contribution < 1.29 is 32.5 Å². The molecule has 1 aromatic heterocycles. The Morgan fingerprint density at radius 3 is 2.71 bits per heavy atom. The topological polar surface area (TPSA) is 110 Å². The summed E-state index contributed by atoms with van der Waals surface area (Å²) in [7, 11) is 0.179. The molecule has 2 aliphatic heterocycles. The van der Waals surface area contributed by atoms with Gasteiger partial charge < -0.3 is 28.8 Å². The van der Waals surface area contributed by atoms with Gasteiger partial charge in [0.05, 0.1) is 47.9 Å². The average Bonchev–Trinajstić information content (AvgIpc) is 3.52. The highest BCUT2D eigenvalue weighted by Gasteiger charge is 2.38. The number of nitriles is 1. The Hall–Kier alpha value is -2.83. The minimum absolute atomic E-state index is 0.0520. The maximum absolute atomic E-state index is 13.7. The molecule has 0 radical (unpaired) electrons. The highest BCUT2D eigenvalue weighted by molar-refractivity contribution is 8.00. The first-order chi connectivity index (χ1) is 21.3. The lowest BCUT2D eigenvalue weighted by molar-refractivity contribution is -0.139. The van der Waals surface area contributed by atoms with E-state index in [4.69, 9.17) is 35.5 Å². The predicted molar refractivity (Wildman–Crippen MR) is 175 cm³/mol. The summed E-state index contributed by atoms with van der Waals surface area (Å²) in [5.74, 6) is -1.68. The van der Waals surface area contributed by atoms with E-state index in [-0.39, 0.29) is 44.6 Å². The number of anilines is 1. The second-order valence-electron chi connectivity index (χ2n) is 12.0. The molecule has 1 fully saturated rings. The number of fused-ring (bicyclic) bond motifs is 1. The second kappa shape index (κ2) is 15.2. The van der Waals surface area contributed by atoms with Gasteiger partial charge in [-0.1, -0.05) is 31.2 Å². The van der Waals surface area contributed by atoms with E-state index in [0.717, 1.165) is 6.04 Å². The number of likely N-dealkylation sites (tertiary alicyclic amines) is 1. The molecule has 15 heteroatoms. The van der Waals surface area contributed by atoms with Crippen molar-refractivity contribution in [3.05, 3.63) is 40.0 Å². The van der Waals surface area contributed by atoms with Gasteiger partial charge in [0.1, 0.15) is 25.2 Å². The number of benzene rings is 1. The molecular formula is C30H40ClF2N5O5SSi. The van der Waals surface area contributed by atoms with E-state index in [1.807, 2.05) is 4.57 Å². The molecule has 0 aliphatic carbocycles. The fourth-order valence-electron chi connectivity index (χ4n) is 4.91. The van der Waals surface area contributed by atoms with Crippen molar-refractivity contribution in [3.8, 4) is 17.6 Å². The van der Waals surface area contributed by atoms with Crippen molar-refractivity contribution in [2.45, 2.75) is 57.2 Å². The van der Waals surface area contributed by atoms with Crippen molar-refractivity contribution in [3.63, 3.8) is 0 Å². The minimum Gasteiger partial charge on any atom is -0.493 e. The third-order valence-electron chi connectivity index (χ3n) is 7.26. The fourth-order valence-corrected chi connectivity index (χ4v) is 6.67. The van der Waals surface area contributed by atoms with E-state index in [1.165, 1.54) is 18.9 Å². The van der Waals surface area contributed by atoms with Gasteiger partial charge in [0.2, 0.25) is 0 Å². The standard InChI is InChI=1S/C30H40ClF2N5O5SSi/c1-6-42-25(39)17-44-29-35-27(26-20(15-34)16-38(28(26)36-29)19-41-11-12-45(3,4)5)21-13-24(23(40-2)14-22(21)31)43-10-9-37-8-7-30(32,33)18-37/h13-14,16,29,36H,6-12,17-19H2,1-5H3. The summed E-state index contributed by atoms with van der Waals surface area (Å²) in [6.07, 6.45) is 1.54. The van der Waals surface area contributed by atoms with Gasteiger partial charge in [-0.05, 0) is 19.0 Å². The van der Waals surface area contributed by atoms with E-state index in [1.54, 1.807) is 30.2 Å². The van der Waals surface area contributed by atoms with Gasteiger partial charge in [-0.2, -0.15) is 5.26 Å². The SMILES string of the molecule is CCOC(=O)CSC1N=C(c2cc(OCCN3CCC(F)(F)C3)c(OC)cc2Cl)c2c(C#N)cn(COCC[Si](C)(C)C)c2N1. The molecule has 0 amide bonds. The largest absolute Gasteiger partial charge is 0.493 e. The van der Waals surface area contributed by atoms with Crippen molar-refractivity contribution in [1.82, 2.24) is 9.47 Å². The molecule has 0 bridgehead atoms. The van der Waals surface area contributed by atoms with Gasteiger partial charge in [0.25, 0.3) is 5.92 Å². The monoisotopic (exact) mass is 683 g/mol. The summed E-state index contributed by atoms with van der Waals surface area (Å²) in [5, 5.41) is 13.8. The number of methoxy groups -OCH3 is 1. The molecule has 246 valence electrons. The van der Waals surface area contributed by atoms with E-state index in [2.05, 4.69) is 31.0 Å². The Balaban J connectivity index is 1.66. The maximum Gasteiger partial charge on any atom is 0.316 e. The van der Waals surface area contributed by atoms with E-state index >= 15 is 0 Å². The van der Waals surface area contributed by atoms with Crippen LogP contribution in [-0.2, 0) is 21.0 Å². The molecule has 1 aromatic carbocycles. The number of aliphatic imine (C=N–C) groups is 1. The third-order valence-corrected chi connectivity index (χ3v) is 10.2. The van der Waals surface area contributed by atoms with Crippen LogP contribution in [0.4, 0.5) is 14.6 Å². The summed E-state index contributed by atoms with van der Waals surface area (Å²) < 4.78 is 51.8. The number of hydrogen-bond donors (Lipinski definition) is 1. The van der Waals surface area contributed by atoms with Crippen molar-refractivity contribution >= 4 is 48.9 Å². The highest BCUT2D eigenvalue weighted by atomic mass is 35.5. The van der Waals surface area contributed by atoms with Gasteiger partial charge in [0, 0.05) is 52.0 Å². The molecule has 1 saturated heterocycles. The lowest BCUT2D eigenvalue weighted by Crippen LogP contribution is -2.29. The van der Waals surface area contributed by atoms with Crippen LogP contribution < -0.4 is 14.8 Å². The Labute approximate surface area is 273 Å². The van der Waals surface area contributed by atoms with Crippen molar-refractivity contribution in [1.29, 1.82) is 5.26 Å². The van der Waals surface area contributed by atoms with Crippen LogP contribution in [0.3, 0.4) is 0 Å². The number of carbonyl (C=O) groups excluding carboxylic acids is 1. The van der Waals surface area contributed by atoms with Crippen molar-refractivity contribution in [2.24, 2.45) is 4.99 Å². The van der Waals surface area contributed by atoms with E-state index < -0.39 is 19.5 Å². The average molecular weight is 684 g/mol. The van der Waals surface area contributed by atoms with Gasteiger partial charge in [-0.25, -0.2) is 13.8 Å². The zero-order chi connectivity index (χ0) is 32.8. The normalized spacial score (nSPS) is 17.7. The quantitative estimate of drug-likeness (QED) is 0.139. The van der Waals surface area contributed by atoms with Crippen LogP contribution in [0.2, 0.25) is 30.7 Å². The van der Waals surface area contributed by atoms with Crippen molar-refractivity contribution in [2.75, 3.05) is 57.6 Å². The summed E-state index contributed by atoms with van der Waals surface area (Å²) in [6.45, 7) is 10.1. The summed E-state index contributed by atoms with van der Waals surface area (Å²) >= 11 is 8.03. The van der Waals surface area contributed by atoms with Gasteiger partial charge in [-0.15, -0.1) is 11.8 Å². The maximum atomic E-state index is 13.7. The number of aromatic nitrogens is 1. The lowest BCUT2D eigenvalue weighted by atomic mass is 9.99. The molecule has 0 spiro atoms. The fraction of sp³-hybridized carbons (Fsp3) is 0.567. The summed E-state index contributed by atoms with van der Waals surface area (Å²) in [6, 6.07) is 6.54. The number of nitrogens with zero attached hydrogens (tertiary/aromatic N) is 4. The molecule has 2 aromatic rings. The number of alkyl halides is 2. The van der Waals surface area contributed by atoms with Crippen LogP contribution in [0.25, 0.3) is 0 Å². The molecule has 1 atom stereocenters. The molecule has 45 heavy (non-hydrogen) atoms. The van der Waals surface area contributed by atoms with Gasteiger partial charge in [-0.3, -0.25) is 9.69 Å². The van der Waals surface area contributed by atoms with Crippen LogP contribution in [0.1, 0.15) is 30.0 Å². The number of esters is 1. The van der Waals surface area contributed by atoms with Crippen LogP contribution >= 0.6 is 23.4 Å². The van der Waals surface area contributed by atoms with Gasteiger partial charge in [0.15, 0.2) is 17.0 Å². The molecular weight excluding hydrogens is 644 g/mol. The first-order valence-electron chi connectivity index (χ1n) is 14.8. The minimum atomic E-state index is -2.69. The molecule has 4 rings (SSSR count). The second-order valence-corrected chi connectivity index (χ2v) is 19.1. The highest BCUT2D eigenvalue weighted by Crippen LogP contribution is 2.39. The van der Waals surface area contributed by atoms with Crippen LogP contribution in [0.5, 0.6) is 11.5 Å². The first-order valence-corrected chi connectivity index (χ1v) is 19.9. The van der Waals surface area contributed by atoms with E-state index in [9.17, 15) is 18.8 Å². The summed E-state index contributed by atoms with van der Waals surface area (Å²) in [5.41, 5.74) is 1.20. The number of ether oxygens (including phenoxy) is 4. The number of carbonyl (C=O) groups is 1. The zero-order valence-corrected chi connectivity index (χ0v) is 28.8. The molecule has 10 nitrogen and oxygen atoms in total. The zero-order valence-electron chi connectivity index (χ0n) is 26.3. The number of thioether (sulfide) groups is 1. The number of rotatable bonds is 15. The molecule has 2 aliphatic rings. The molecule has 1 N–H and O–H groups in total. The predicted octanol–water partition coefficient (Wildman–Crippen LogP) is 5.90. The first kappa shape index (κ1) is 35.0. The summed E-state index contributed by atoms with van der Waals surface area (Å²) in [4.78, 5) is 18.7. The number of hydrogen-bond acceptors (Lipinski definition) is 10.